The Morgan fingerprint density at radius 2 is 2.19 bits per heavy atom. The molecule has 0 radical (unpaired) electrons. The van der Waals surface area contributed by atoms with Crippen molar-refractivity contribution >= 4 is 5.91 Å². The number of carbonyl (C=O) groups is 1. The van der Waals surface area contributed by atoms with Gasteiger partial charge in [0.25, 0.3) is 0 Å². The molecule has 1 amide bonds. The Morgan fingerprint density at radius 1 is 1.43 bits per heavy atom. The number of hydrogen-bond acceptors (Lipinski definition) is 3. The zero-order valence-corrected chi connectivity index (χ0v) is 11.7. The minimum Gasteiger partial charge on any atom is -0.394 e. The molecule has 1 aromatic carbocycles. The maximum Gasteiger partial charge on any atom is 0.228 e. The lowest BCUT2D eigenvalue weighted by molar-refractivity contribution is -0.123. The van der Waals surface area contributed by atoms with Gasteiger partial charge in [0.05, 0.1) is 12.5 Å². The largest absolute Gasteiger partial charge is 0.394 e. The average Bonchev–Trinajstić information content (AvgIpc) is 3.05. The standard InChI is InChI=1S/C16H19N3O2/c1-2-6-13(12-7-4-3-5-8-12)16(21)19-14(11-20)15-17-9-10-18-15/h2-5,7-10,13-14,20H,1,6,11H2,(H,17,18)(H,19,21). The molecule has 5 heteroatoms. The molecule has 3 N–H and O–H groups in total. The lowest BCUT2D eigenvalue weighted by Gasteiger charge is -2.20. The van der Waals surface area contributed by atoms with Crippen LogP contribution in [0.4, 0.5) is 0 Å². The summed E-state index contributed by atoms with van der Waals surface area (Å²) < 4.78 is 0. The van der Waals surface area contributed by atoms with E-state index in [9.17, 15) is 9.90 Å². The van der Waals surface area contributed by atoms with Gasteiger partial charge in [0, 0.05) is 12.4 Å². The van der Waals surface area contributed by atoms with Crippen molar-refractivity contribution in [3.05, 3.63) is 66.8 Å². The molecule has 2 rings (SSSR count). The second-order valence-corrected chi connectivity index (χ2v) is 4.71. The molecular weight excluding hydrogens is 266 g/mol. The average molecular weight is 285 g/mol. The van der Waals surface area contributed by atoms with Crippen LogP contribution in [0.2, 0.25) is 0 Å². The van der Waals surface area contributed by atoms with E-state index < -0.39 is 6.04 Å². The van der Waals surface area contributed by atoms with Crippen LogP contribution in [0, 0.1) is 0 Å². The van der Waals surface area contributed by atoms with Gasteiger partial charge in [0.15, 0.2) is 0 Å². The molecule has 2 aromatic rings. The fourth-order valence-corrected chi connectivity index (χ4v) is 2.19. The van der Waals surface area contributed by atoms with Crippen LogP contribution in [0.15, 0.2) is 55.4 Å². The van der Waals surface area contributed by atoms with Crippen LogP contribution in [0.3, 0.4) is 0 Å². The first-order valence-corrected chi connectivity index (χ1v) is 6.82. The second kappa shape index (κ2) is 7.40. The summed E-state index contributed by atoms with van der Waals surface area (Å²) in [6.07, 6.45) is 5.50. The molecule has 1 heterocycles. The van der Waals surface area contributed by atoms with Gasteiger partial charge in [-0.25, -0.2) is 4.98 Å². The Morgan fingerprint density at radius 3 is 2.76 bits per heavy atom. The van der Waals surface area contributed by atoms with Crippen LogP contribution in [-0.2, 0) is 4.79 Å². The highest BCUT2D eigenvalue weighted by molar-refractivity contribution is 5.84. The molecule has 5 nitrogen and oxygen atoms in total. The monoisotopic (exact) mass is 285 g/mol. The first-order valence-electron chi connectivity index (χ1n) is 6.82. The van der Waals surface area contributed by atoms with Crippen molar-refractivity contribution in [1.29, 1.82) is 0 Å². The molecular formula is C16H19N3O2. The second-order valence-electron chi connectivity index (χ2n) is 4.71. The number of benzene rings is 1. The fourth-order valence-electron chi connectivity index (χ4n) is 2.19. The van der Waals surface area contributed by atoms with Gasteiger partial charge in [0.1, 0.15) is 11.9 Å². The Bertz CT molecular complexity index is 566. The van der Waals surface area contributed by atoms with E-state index in [0.29, 0.717) is 12.2 Å². The highest BCUT2D eigenvalue weighted by Crippen LogP contribution is 2.21. The number of hydrogen-bond donors (Lipinski definition) is 3. The molecule has 0 aliphatic rings. The van der Waals surface area contributed by atoms with Gasteiger partial charge in [-0.3, -0.25) is 4.79 Å². The lowest BCUT2D eigenvalue weighted by Crippen LogP contribution is -2.35. The number of carbonyl (C=O) groups excluding carboxylic acids is 1. The van der Waals surface area contributed by atoms with E-state index in [2.05, 4.69) is 21.9 Å². The van der Waals surface area contributed by atoms with E-state index in [0.717, 1.165) is 5.56 Å². The van der Waals surface area contributed by atoms with Crippen LogP contribution in [0.1, 0.15) is 29.8 Å². The number of aromatic nitrogens is 2. The minimum absolute atomic E-state index is 0.156. The van der Waals surface area contributed by atoms with Gasteiger partial charge < -0.3 is 15.4 Å². The van der Waals surface area contributed by atoms with Crippen molar-refractivity contribution in [2.45, 2.75) is 18.4 Å². The summed E-state index contributed by atoms with van der Waals surface area (Å²) in [4.78, 5) is 19.5. The number of nitrogens with one attached hydrogen (secondary N) is 2. The van der Waals surface area contributed by atoms with Crippen molar-refractivity contribution in [2.24, 2.45) is 0 Å². The van der Waals surface area contributed by atoms with E-state index in [1.54, 1.807) is 18.5 Å². The van der Waals surface area contributed by atoms with Crippen LogP contribution < -0.4 is 5.32 Å². The molecule has 0 aliphatic heterocycles. The highest BCUT2D eigenvalue weighted by Gasteiger charge is 2.23. The molecule has 0 bridgehead atoms. The molecule has 0 saturated heterocycles. The molecule has 0 saturated carbocycles. The number of aliphatic hydroxyl groups excluding tert-OH is 1. The van der Waals surface area contributed by atoms with Crippen LogP contribution in [0.25, 0.3) is 0 Å². The summed E-state index contributed by atoms with van der Waals surface area (Å²) in [5, 5.41) is 12.3. The molecule has 1 aromatic heterocycles. The van der Waals surface area contributed by atoms with Crippen LogP contribution in [0.5, 0.6) is 0 Å². The van der Waals surface area contributed by atoms with Gasteiger partial charge in [-0.1, -0.05) is 36.4 Å². The van der Waals surface area contributed by atoms with Crippen molar-refractivity contribution in [2.75, 3.05) is 6.61 Å². The quantitative estimate of drug-likeness (QED) is 0.680. The topological polar surface area (TPSA) is 78.0 Å². The third-order valence-electron chi connectivity index (χ3n) is 3.27. The Hall–Kier alpha value is -2.40. The molecule has 0 spiro atoms. The van der Waals surface area contributed by atoms with E-state index >= 15 is 0 Å². The number of aliphatic hydroxyl groups is 1. The summed E-state index contributed by atoms with van der Waals surface area (Å²) in [6, 6.07) is 8.99. The SMILES string of the molecule is C=CCC(C(=O)NC(CO)c1ncc[nH]1)c1ccccc1. The number of imidazole rings is 1. The molecule has 0 fully saturated rings. The van der Waals surface area contributed by atoms with Crippen molar-refractivity contribution in [1.82, 2.24) is 15.3 Å². The van der Waals surface area contributed by atoms with E-state index in [1.807, 2.05) is 30.3 Å². The Balaban J connectivity index is 2.13. The molecule has 110 valence electrons. The number of amides is 1. The highest BCUT2D eigenvalue weighted by atomic mass is 16.3. The minimum atomic E-state index is -0.538. The molecule has 21 heavy (non-hydrogen) atoms. The van der Waals surface area contributed by atoms with Crippen LogP contribution in [-0.4, -0.2) is 27.6 Å². The summed E-state index contributed by atoms with van der Waals surface area (Å²) in [6.45, 7) is 3.50. The lowest BCUT2D eigenvalue weighted by atomic mass is 9.94. The van der Waals surface area contributed by atoms with Gasteiger partial charge >= 0.3 is 0 Å². The molecule has 0 aliphatic carbocycles. The van der Waals surface area contributed by atoms with E-state index in [1.165, 1.54) is 0 Å². The van der Waals surface area contributed by atoms with Gasteiger partial charge in [-0.05, 0) is 12.0 Å². The third-order valence-corrected chi connectivity index (χ3v) is 3.27. The summed E-state index contributed by atoms with van der Waals surface area (Å²) >= 11 is 0. The van der Waals surface area contributed by atoms with Gasteiger partial charge in [-0.15, -0.1) is 6.58 Å². The van der Waals surface area contributed by atoms with Crippen LogP contribution >= 0.6 is 0 Å². The van der Waals surface area contributed by atoms with E-state index in [4.69, 9.17) is 0 Å². The molecule has 2 unspecified atom stereocenters. The Labute approximate surface area is 123 Å². The summed E-state index contributed by atoms with van der Waals surface area (Å²) in [5.41, 5.74) is 0.922. The number of nitrogens with zero attached hydrogens (tertiary/aromatic N) is 1. The summed E-state index contributed by atoms with van der Waals surface area (Å²) in [5.74, 6) is 0.0560. The predicted molar refractivity (Wildman–Crippen MR) is 80.6 cm³/mol. The first kappa shape index (κ1) is 15.0. The van der Waals surface area contributed by atoms with E-state index in [-0.39, 0.29) is 18.4 Å². The van der Waals surface area contributed by atoms with Crippen molar-refractivity contribution < 1.29 is 9.90 Å². The zero-order chi connectivity index (χ0) is 15.1. The number of H-pyrrole nitrogens is 1. The maximum absolute atomic E-state index is 12.5. The third kappa shape index (κ3) is 3.79. The maximum atomic E-state index is 12.5. The Kier molecular flexibility index (Phi) is 5.29. The first-order chi connectivity index (χ1) is 10.3. The smallest absolute Gasteiger partial charge is 0.228 e. The van der Waals surface area contributed by atoms with Gasteiger partial charge in [0.2, 0.25) is 5.91 Å². The normalized spacial score (nSPS) is 13.4. The number of rotatable bonds is 7. The zero-order valence-electron chi connectivity index (χ0n) is 11.7. The van der Waals surface area contributed by atoms with Crippen molar-refractivity contribution in [3.63, 3.8) is 0 Å². The van der Waals surface area contributed by atoms with Crippen molar-refractivity contribution in [3.8, 4) is 0 Å². The predicted octanol–water partition coefficient (Wildman–Crippen LogP) is 1.92. The number of allylic oxidation sites excluding steroid dienone is 1. The summed E-state index contributed by atoms with van der Waals surface area (Å²) in [7, 11) is 0. The van der Waals surface area contributed by atoms with Gasteiger partial charge in [-0.2, -0.15) is 0 Å². The number of aromatic amines is 1. The fraction of sp³-hybridized carbons (Fsp3) is 0.250. The molecule has 2 atom stereocenters.